The van der Waals surface area contributed by atoms with Crippen LogP contribution >= 0.6 is 11.6 Å². The van der Waals surface area contributed by atoms with Gasteiger partial charge < -0.3 is 20.1 Å². The van der Waals surface area contributed by atoms with E-state index in [1.807, 2.05) is 29.1 Å². The molecule has 2 N–H and O–H groups in total. The molecule has 7 heteroatoms. The van der Waals surface area contributed by atoms with Gasteiger partial charge in [0.25, 0.3) is 0 Å². The molecule has 1 aliphatic heterocycles. The lowest BCUT2D eigenvalue weighted by molar-refractivity contribution is -0.127. The summed E-state index contributed by atoms with van der Waals surface area (Å²) in [4.78, 5) is 25.4. The van der Waals surface area contributed by atoms with E-state index in [0.29, 0.717) is 23.8 Å². The second-order valence-electron chi connectivity index (χ2n) is 5.80. The number of carbonyl (C=O) groups is 2. The quantitative estimate of drug-likeness (QED) is 0.897. The van der Waals surface area contributed by atoms with Crippen molar-refractivity contribution in [3.8, 4) is 5.69 Å². The van der Waals surface area contributed by atoms with Crippen molar-refractivity contribution < 1.29 is 9.59 Å². The van der Waals surface area contributed by atoms with E-state index in [2.05, 4.69) is 10.6 Å². The summed E-state index contributed by atoms with van der Waals surface area (Å²) < 4.78 is 1.88. The lowest BCUT2D eigenvalue weighted by Crippen LogP contribution is -2.40. The second-order valence-corrected chi connectivity index (χ2v) is 6.24. The van der Waals surface area contributed by atoms with Crippen LogP contribution in [0.4, 0.5) is 10.5 Å². The molecular formula is C17H19ClN4O2. The topological polar surface area (TPSA) is 66.4 Å². The first-order chi connectivity index (χ1) is 11.5. The van der Waals surface area contributed by atoms with E-state index in [9.17, 15) is 9.59 Å². The van der Waals surface area contributed by atoms with Crippen LogP contribution in [0.3, 0.4) is 0 Å². The number of amides is 3. The lowest BCUT2D eigenvalue weighted by atomic mass is 10.2. The maximum absolute atomic E-state index is 12.3. The van der Waals surface area contributed by atoms with Crippen molar-refractivity contribution in [2.24, 2.45) is 0 Å². The molecule has 0 bridgehead atoms. The summed E-state index contributed by atoms with van der Waals surface area (Å²) in [6.07, 6.45) is 4.53. The van der Waals surface area contributed by atoms with Gasteiger partial charge in [0.05, 0.1) is 11.4 Å². The number of likely N-dealkylation sites (tertiary alicyclic amines) is 1. The van der Waals surface area contributed by atoms with Gasteiger partial charge in [-0.05, 0) is 36.8 Å². The van der Waals surface area contributed by atoms with Crippen molar-refractivity contribution in [1.29, 1.82) is 0 Å². The highest BCUT2D eigenvalue weighted by atomic mass is 35.5. The van der Waals surface area contributed by atoms with E-state index in [0.717, 1.165) is 12.1 Å². The molecule has 1 atom stereocenters. The molecular weight excluding hydrogens is 328 g/mol. The van der Waals surface area contributed by atoms with Crippen LogP contribution in [-0.2, 0) is 4.79 Å². The van der Waals surface area contributed by atoms with Crippen LogP contribution in [0.2, 0.25) is 5.02 Å². The van der Waals surface area contributed by atoms with E-state index in [4.69, 9.17) is 11.6 Å². The number of carbonyl (C=O) groups excluding carboxylic acids is 2. The number of rotatable bonds is 3. The number of hydrogen-bond donors (Lipinski definition) is 2. The van der Waals surface area contributed by atoms with E-state index in [1.54, 1.807) is 30.0 Å². The summed E-state index contributed by atoms with van der Waals surface area (Å²) in [5.74, 6) is 0.0345. The van der Waals surface area contributed by atoms with Gasteiger partial charge in [-0.3, -0.25) is 4.79 Å². The molecule has 0 saturated carbocycles. The highest BCUT2D eigenvalue weighted by Gasteiger charge is 2.25. The minimum atomic E-state index is -0.291. The Hall–Kier alpha value is -2.47. The van der Waals surface area contributed by atoms with Crippen molar-refractivity contribution in [1.82, 2.24) is 14.8 Å². The second kappa shape index (κ2) is 6.97. The monoisotopic (exact) mass is 346 g/mol. The van der Waals surface area contributed by atoms with Gasteiger partial charge in [-0.25, -0.2) is 4.79 Å². The summed E-state index contributed by atoms with van der Waals surface area (Å²) in [6, 6.07) is 8.78. The third-order valence-electron chi connectivity index (χ3n) is 4.06. The lowest BCUT2D eigenvalue weighted by Gasteiger charge is -2.17. The first-order valence-electron chi connectivity index (χ1n) is 7.79. The fourth-order valence-electron chi connectivity index (χ4n) is 2.83. The summed E-state index contributed by atoms with van der Waals surface area (Å²) >= 11 is 6.07. The summed E-state index contributed by atoms with van der Waals surface area (Å²) in [6.45, 7) is 2.77. The van der Waals surface area contributed by atoms with Crippen molar-refractivity contribution >= 4 is 29.2 Å². The third-order valence-corrected chi connectivity index (χ3v) is 4.29. The minimum Gasteiger partial charge on any atom is -0.341 e. The minimum absolute atomic E-state index is 0.0313. The Morgan fingerprint density at radius 3 is 2.67 bits per heavy atom. The SMILES string of the molecule is CC(=O)N1CCC(NC(=O)Nc2ccc(Cl)cc2-n2cccc2)C1. The zero-order chi connectivity index (χ0) is 17.1. The molecule has 24 heavy (non-hydrogen) atoms. The summed E-state index contributed by atoms with van der Waals surface area (Å²) in [7, 11) is 0. The fraction of sp³-hybridized carbons (Fsp3) is 0.294. The first-order valence-corrected chi connectivity index (χ1v) is 8.16. The van der Waals surface area contributed by atoms with Crippen molar-refractivity contribution in [3.05, 3.63) is 47.7 Å². The Bertz CT molecular complexity index is 745. The molecule has 3 rings (SSSR count). The molecule has 0 spiro atoms. The molecule has 0 radical (unpaired) electrons. The average Bonchev–Trinajstić information content (AvgIpc) is 3.20. The molecule has 126 valence electrons. The van der Waals surface area contributed by atoms with Gasteiger partial charge in [-0.1, -0.05) is 11.6 Å². The van der Waals surface area contributed by atoms with E-state index < -0.39 is 0 Å². The van der Waals surface area contributed by atoms with Crippen LogP contribution in [0.25, 0.3) is 5.69 Å². The number of hydrogen-bond acceptors (Lipinski definition) is 2. The normalized spacial score (nSPS) is 16.9. The molecule has 1 aromatic heterocycles. The zero-order valence-corrected chi connectivity index (χ0v) is 14.1. The molecule has 1 aliphatic rings. The average molecular weight is 347 g/mol. The van der Waals surface area contributed by atoms with Crippen LogP contribution in [0.1, 0.15) is 13.3 Å². The third kappa shape index (κ3) is 3.71. The zero-order valence-electron chi connectivity index (χ0n) is 13.3. The predicted octanol–water partition coefficient (Wildman–Crippen LogP) is 2.87. The van der Waals surface area contributed by atoms with Gasteiger partial charge >= 0.3 is 6.03 Å². The molecule has 1 fully saturated rings. The highest BCUT2D eigenvalue weighted by molar-refractivity contribution is 6.30. The van der Waals surface area contributed by atoms with E-state index in [1.165, 1.54) is 0 Å². The van der Waals surface area contributed by atoms with E-state index in [-0.39, 0.29) is 18.0 Å². The van der Waals surface area contributed by atoms with Crippen molar-refractivity contribution in [2.45, 2.75) is 19.4 Å². The van der Waals surface area contributed by atoms with Crippen LogP contribution in [0.15, 0.2) is 42.7 Å². The van der Waals surface area contributed by atoms with Gasteiger partial charge in [0.1, 0.15) is 0 Å². The Balaban J connectivity index is 1.68. The molecule has 2 heterocycles. The molecule has 0 aliphatic carbocycles. The number of halogens is 1. The number of nitrogens with zero attached hydrogens (tertiary/aromatic N) is 2. The molecule has 1 unspecified atom stereocenters. The number of anilines is 1. The van der Waals surface area contributed by atoms with Gasteiger partial charge in [0.2, 0.25) is 5.91 Å². The smallest absolute Gasteiger partial charge is 0.319 e. The van der Waals surface area contributed by atoms with Crippen LogP contribution in [0, 0.1) is 0 Å². The Morgan fingerprint density at radius 2 is 2.00 bits per heavy atom. The van der Waals surface area contributed by atoms with Gasteiger partial charge in [0.15, 0.2) is 0 Å². The maximum atomic E-state index is 12.3. The Labute approximate surface area is 145 Å². The largest absolute Gasteiger partial charge is 0.341 e. The predicted molar refractivity (Wildman–Crippen MR) is 93.6 cm³/mol. The summed E-state index contributed by atoms with van der Waals surface area (Å²) in [5.41, 5.74) is 1.45. The molecule has 3 amide bonds. The number of aromatic nitrogens is 1. The van der Waals surface area contributed by atoms with Gasteiger partial charge in [0, 0.05) is 43.5 Å². The van der Waals surface area contributed by atoms with Crippen LogP contribution in [-0.4, -0.2) is 40.5 Å². The standard InChI is InChI=1S/C17H19ClN4O2/c1-12(23)22-9-6-14(11-22)19-17(24)20-15-5-4-13(18)10-16(15)21-7-2-3-8-21/h2-5,7-8,10,14H,6,9,11H2,1H3,(H2,19,20,24). The molecule has 1 aromatic carbocycles. The number of benzene rings is 1. The Morgan fingerprint density at radius 1 is 1.25 bits per heavy atom. The first kappa shape index (κ1) is 16.4. The highest BCUT2D eigenvalue weighted by Crippen LogP contribution is 2.24. The van der Waals surface area contributed by atoms with E-state index >= 15 is 0 Å². The van der Waals surface area contributed by atoms with Gasteiger partial charge in [-0.15, -0.1) is 0 Å². The maximum Gasteiger partial charge on any atom is 0.319 e. The molecule has 2 aromatic rings. The van der Waals surface area contributed by atoms with Gasteiger partial charge in [-0.2, -0.15) is 0 Å². The fourth-order valence-corrected chi connectivity index (χ4v) is 2.99. The van der Waals surface area contributed by atoms with Crippen molar-refractivity contribution in [3.63, 3.8) is 0 Å². The molecule has 1 saturated heterocycles. The number of urea groups is 1. The Kier molecular flexibility index (Phi) is 4.76. The number of nitrogens with one attached hydrogen (secondary N) is 2. The van der Waals surface area contributed by atoms with Crippen LogP contribution in [0.5, 0.6) is 0 Å². The summed E-state index contributed by atoms with van der Waals surface area (Å²) in [5, 5.41) is 6.37. The van der Waals surface area contributed by atoms with Crippen LogP contribution < -0.4 is 10.6 Å². The molecule has 6 nitrogen and oxygen atoms in total. The van der Waals surface area contributed by atoms with Crippen molar-refractivity contribution in [2.75, 3.05) is 18.4 Å².